The molecule has 2 N–H and O–H groups in total. The SMILES string of the molecule is CC(C)c1nc(C(=O)N2CCC(c3ccc(NC(=O)c4ccc5n[nH]c(C(F)(F)F)c5c4)cc3)CC2)co1. The lowest BCUT2D eigenvalue weighted by molar-refractivity contribution is -0.139. The number of halogens is 3. The smallest absolute Gasteiger partial charge is 0.433 e. The number of oxazole rings is 1. The Morgan fingerprint density at radius 3 is 2.45 bits per heavy atom. The molecule has 11 heteroatoms. The van der Waals surface area contributed by atoms with Crippen molar-refractivity contribution < 1.29 is 27.2 Å². The summed E-state index contributed by atoms with van der Waals surface area (Å²) in [5.74, 6) is 0.264. The maximum Gasteiger partial charge on any atom is 0.433 e. The van der Waals surface area contributed by atoms with Crippen molar-refractivity contribution in [3.8, 4) is 0 Å². The van der Waals surface area contributed by atoms with Crippen molar-refractivity contribution in [2.24, 2.45) is 0 Å². The average Bonchev–Trinajstić information content (AvgIpc) is 3.56. The molecule has 0 unspecified atom stereocenters. The summed E-state index contributed by atoms with van der Waals surface area (Å²) in [6.45, 7) is 5.11. The Bertz CT molecular complexity index is 1470. The third-order valence-electron chi connectivity index (χ3n) is 6.76. The zero-order valence-electron chi connectivity index (χ0n) is 20.8. The van der Waals surface area contributed by atoms with Crippen molar-refractivity contribution >= 4 is 28.4 Å². The molecule has 4 aromatic rings. The lowest BCUT2D eigenvalue weighted by atomic mass is 9.89. The van der Waals surface area contributed by atoms with E-state index in [1.54, 1.807) is 17.0 Å². The third-order valence-corrected chi connectivity index (χ3v) is 6.76. The highest BCUT2D eigenvalue weighted by Crippen LogP contribution is 2.34. The average molecular weight is 526 g/mol. The lowest BCUT2D eigenvalue weighted by Crippen LogP contribution is -2.38. The summed E-state index contributed by atoms with van der Waals surface area (Å²) >= 11 is 0. The molecule has 1 aliphatic heterocycles. The van der Waals surface area contributed by atoms with Gasteiger partial charge in [0.1, 0.15) is 12.0 Å². The molecular weight excluding hydrogens is 499 g/mol. The number of carbonyl (C=O) groups excluding carboxylic acids is 2. The minimum absolute atomic E-state index is 0.0955. The fraction of sp³-hybridized carbons (Fsp3) is 0.333. The summed E-state index contributed by atoms with van der Waals surface area (Å²) in [5.41, 5.74) is 1.19. The van der Waals surface area contributed by atoms with Crippen molar-refractivity contribution in [3.05, 3.63) is 77.1 Å². The highest BCUT2D eigenvalue weighted by molar-refractivity contribution is 6.06. The molecule has 1 saturated heterocycles. The number of fused-ring (bicyclic) bond motifs is 1. The van der Waals surface area contributed by atoms with E-state index in [1.165, 1.54) is 24.5 Å². The molecule has 3 heterocycles. The van der Waals surface area contributed by atoms with Crippen LogP contribution in [0.2, 0.25) is 0 Å². The minimum atomic E-state index is -4.60. The number of anilines is 1. The molecule has 2 amide bonds. The predicted molar refractivity (Wildman–Crippen MR) is 134 cm³/mol. The maximum absolute atomic E-state index is 13.2. The number of benzene rings is 2. The molecule has 5 rings (SSSR count). The number of hydrogen-bond donors (Lipinski definition) is 2. The first-order chi connectivity index (χ1) is 18.1. The topological polar surface area (TPSA) is 104 Å². The van der Waals surface area contributed by atoms with Crippen molar-refractivity contribution in [1.29, 1.82) is 0 Å². The second kappa shape index (κ2) is 9.96. The molecule has 0 spiro atoms. The van der Waals surface area contributed by atoms with Crippen LogP contribution in [0, 0.1) is 0 Å². The number of aromatic amines is 1. The van der Waals surface area contributed by atoms with Gasteiger partial charge in [0.25, 0.3) is 11.8 Å². The van der Waals surface area contributed by atoms with Crippen molar-refractivity contribution in [1.82, 2.24) is 20.1 Å². The van der Waals surface area contributed by atoms with Gasteiger partial charge in [-0.25, -0.2) is 4.98 Å². The van der Waals surface area contributed by atoms with Gasteiger partial charge in [-0.3, -0.25) is 14.7 Å². The predicted octanol–water partition coefficient (Wildman–Crippen LogP) is 5.97. The Labute approximate surface area is 216 Å². The van der Waals surface area contributed by atoms with Crippen LogP contribution in [-0.2, 0) is 6.18 Å². The molecule has 1 aliphatic rings. The van der Waals surface area contributed by atoms with Crippen LogP contribution >= 0.6 is 0 Å². The number of hydrogen-bond acceptors (Lipinski definition) is 5. The number of piperidine rings is 1. The van der Waals surface area contributed by atoms with Gasteiger partial charge in [-0.1, -0.05) is 26.0 Å². The van der Waals surface area contributed by atoms with Gasteiger partial charge in [0.2, 0.25) is 0 Å². The molecule has 198 valence electrons. The van der Waals surface area contributed by atoms with Gasteiger partial charge < -0.3 is 14.6 Å². The van der Waals surface area contributed by atoms with Gasteiger partial charge in [-0.05, 0) is 54.7 Å². The molecule has 2 aromatic heterocycles. The van der Waals surface area contributed by atoms with E-state index in [-0.39, 0.29) is 34.2 Å². The summed E-state index contributed by atoms with van der Waals surface area (Å²) in [4.78, 5) is 31.6. The molecule has 0 radical (unpaired) electrons. The number of nitrogens with one attached hydrogen (secondary N) is 2. The number of aromatic nitrogens is 3. The first-order valence-electron chi connectivity index (χ1n) is 12.3. The summed E-state index contributed by atoms with van der Waals surface area (Å²) in [6.07, 6.45) is -1.60. The van der Waals surface area contributed by atoms with Gasteiger partial charge >= 0.3 is 6.18 Å². The molecule has 8 nitrogen and oxygen atoms in total. The van der Waals surface area contributed by atoms with E-state index in [0.717, 1.165) is 18.4 Å². The molecule has 38 heavy (non-hydrogen) atoms. The standard InChI is InChI=1S/C27H26F3N5O3/c1-15(2)25-32-22(14-38-25)26(37)35-11-9-17(10-12-35)16-3-6-19(7-4-16)31-24(36)18-5-8-21-20(13-18)23(34-33-21)27(28,29)30/h3-8,13-15,17H,9-12H2,1-2H3,(H,31,36)(H,33,34). The van der Waals surface area contributed by atoms with Crippen LogP contribution in [0.25, 0.3) is 10.9 Å². The van der Waals surface area contributed by atoms with Crippen LogP contribution in [0.15, 0.2) is 53.1 Å². The van der Waals surface area contributed by atoms with Crippen molar-refractivity contribution in [3.63, 3.8) is 0 Å². The quantitative estimate of drug-likeness (QED) is 0.334. The Morgan fingerprint density at radius 2 is 1.82 bits per heavy atom. The highest BCUT2D eigenvalue weighted by atomic mass is 19.4. The monoisotopic (exact) mass is 525 g/mol. The number of nitrogens with zero attached hydrogens (tertiary/aromatic N) is 3. The molecule has 1 fully saturated rings. The summed E-state index contributed by atoms with van der Waals surface area (Å²) in [7, 11) is 0. The van der Waals surface area contributed by atoms with Crippen LogP contribution in [-0.4, -0.2) is 45.0 Å². The molecule has 0 bridgehead atoms. The Balaban J connectivity index is 1.19. The Kier molecular flexibility index (Phi) is 6.68. The van der Waals surface area contributed by atoms with Crippen LogP contribution < -0.4 is 5.32 Å². The van der Waals surface area contributed by atoms with Gasteiger partial charge in [-0.2, -0.15) is 18.3 Å². The largest absolute Gasteiger partial charge is 0.448 e. The second-order valence-electron chi connectivity index (χ2n) is 9.70. The zero-order chi connectivity index (χ0) is 27.0. The fourth-order valence-electron chi connectivity index (χ4n) is 4.64. The molecule has 2 aromatic carbocycles. The van der Waals surface area contributed by atoms with Gasteiger partial charge in [0.05, 0.1) is 5.52 Å². The van der Waals surface area contributed by atoms with Crippen LogP contribution in [0.5, 0.6) is 0 Å². The summed E-state index contributed by atoms with van der Waals surface area (Å²) in [5, 5.41) is 8.22. The number of amides is 2. The second-order valence-corrected chi connectivity index (χ2v) is 9.70. The number of H-pyrrole nitrogens is 1. The van der Waals surface area contributed by atoms with Gasteiger partial charge in [-0.15, -0.1) is 0 Å². The summed E-state index contributed by atoms with van der Waals surface area (Å²) in [6, 6.07) is 11.4. The normalized spacial score (nSPS) is 14.8. The van der Waals surface area contributed by atoms with Gasteiger partial charge in [0, 0.05) is 35.6 Å². The number of likely N-dealkylation sites (tertiary alicyclic amines) is 1. The first-order valence-corrected chi connectivity index (χ1v) is 12.3. The van der Waals surface area contributed by atoms with E-state index in [0.29, 0.717) is 30.4 Å². The van der Waals surface area contributed by atoms with E-state index in [2.05, 4.69) is 15.4 Å². The molecule has 0 saturated carbocycles. The lowest BCUT2D eigenvalue weighted by Gasteiger charge is -2.31. The zero-order valence-corrected chi connectivity index (χ0v) is 20.8. The van der Waals surface area contributed by atoms with Crippen LogP contribution in [0.3, 0.4) is 0 Å². The number of rotatable bonds is 5. The molecular formula is C27H26F3N5O3. The van der Waals surface area contributed by atoms with Crippen LogP contribution in [0.4, 0.5) is 18.9 Å². The number of carbonyl (C=O) groups is 2. The van der Waals surface area contributed by atoms with E-state index in [1.807, 2.05) is 31.1 Å². The molecule has 0 atom stereocenters. The van der Waals surface area contributed by atoms with E-state index in [4.69, 9.17) is 4.42 Å². The summed E-state index contributed by atoms with van der Waals surface area (Å²) < 4.78 is 45.0. The Morgan fingerprint density at radius 1 is 1.11 bits per heavy atom. The Hall–Kier alpha value is -4.15. The third kappa shape index (κ3) is 5.13. The van der Waals surface area contributed by atoms with Crippen molar-refractivity contribution in [2.75, 3.05) is 18.4 Å². The maximum atomic E-state index is 13.2. The minimum Gasteiger partial charge on any atom is -0.448 e. The molecule has 0 aliphatic carbocycles. The van der Waals surface area contributed by atoms with Crippen molar-refractivity contribution in [2.45, 2.75) is 44.7 Å². The van der Waals surface area contributed by atoms with Crippen LogP contribution in [0.1, 0.15) is 76.5 Å². The first kappa shape index (κ1) is 25.5. The highest BCUT2D eigenvalue weighted by Gasteiger charge is 2.35. The van der Waals surface area contributed by atoms with E-state index < -0.39 is 17.8 Å². The number of alkyl halides is 3. The van der Waals surface area contributed by atoms with E-state index in [9.17, 15) is 22.8 Å². The van der Waals surface area contributed by atoms with Gasteiger partial charge in [0.15, 0.2) is 11.6 Å². The van der Waals surface area contributed by atoms with E-state index >= 15 is 0 Å². The fourth-order valence-corrected chi connectivity index (χ4v) is 4.64.